The average molecular weight is 273 g/mol. The predicted molar refractivity (Wildman–Crippen MR) is 79.6 cm³/mol. The van der Waals surface area contributed by atoms with Gasteiger partial charge in [0.05, 0.1) is 0 Å². The molecule has 0 atom stereocenters. The Morgan fingerprint density at radius 2 is 1.95 bits per heavy atom. The van der Waals surface area contributed by atoms with Gasteiger partial charge in [-0.1, -0.05) is 19.9 Å². The van der Waals surface area contributed by atoms with Crippen molar-refractivity contribution in [2.75, 3.05) is 11.2 Å². The average Bonchev–Trinajstić information content (AvgIpc) is 2.37. The van der Waals surface area contributed by atoms with Crippen LogP contribution in [0.3, 0.4) is 0 Å². The van der Waals surface area contributed by atoms with E-state index < -0.39 is 0 Å². The lowest BCUT2D eigenvalue weighted by molar-refractivity contribution is 0.462. The number of hydrogen-bond donors (Lipinski definition) is 3. The lowest BCUT2D eigenvalue weighted by atomic mass is 9.98. The summed E-state index contributed by atoms with van der Waals surface area (Å²) in [7, 11) is 0. The van der Waals surface area contributed by atoms with Crippen molar-refractivity contribution < 1.29 is 4.74 Å². The van der Waals surface area contributed by atoms with E-state index in [1.807, 2.05) is 12.1 Å². The quantitative estimate of drug-likeness (QED) is 0.585. The second kappa shape index (κ2) is 5.75. The smallest absolute Gasteiger partial charge is 0.226 e. The van der Waals surface area contributed by atoms with Crippen LogP contribution in [0.15, 0.2) is 24.3 Å². The lowest BCUT2D eigenvalue weighted by Crippen LogP contribution is -2.10. The van der Waals surface area contributed by atoms with E-state index in [9.17, 15) is 0 Å². The highest BCUT2D eigenvalue weighted by Crippen LogP contribution is 2.27. The number of hydrogen-bond acceptors (Lipinski definition) is 6. The van der Waals surface area contributed by atoms with Gasteiger partial charge in [0.2, 0.25) is 11.8 Å². The summed E-state index contributed by atoms with van der Waals surface area (Å²) in [6.45, 7) is 6.38. The molecule has 0 fully saturated rings. The van der Waals surface area contributed by atoms with Crippen LogP contribution in [0.2, 0.25) is 0 Å². The fourth-order valence-corrected chi connectivity index (χ4v) is 2.05. The van der Waals surface area contributed by atoms with E-state index in [0.717, 1.165) is 0 Å². The third-order valence-corrected chi connectivity index (χ3v) is 2.95. The van der Waals surface area contributed by atoms with Crippen molar-refractivity contribution in [2.45, 2.75) is 26.7 Å². The predicted octanol–water partition coefficient (Wildman–Crippen LogP) is 2.57. The first-order valence-electron chi connectivity index (χ1n) is 6.39. The molecule has 106 valence electrons. The molecular formula is C14H19N5O. The van der Waals surface area contributed by atoms with Crippen LogP contribution in [0.1, 0.15) is 30.9 Å². The van der Waals surface area contributed by atoms with E-state index >= 15 is 0 Å². The zero-order valence-corrected chi connectivity index (χ0v) is 11.8. The van der Waals surface area contributed by atoms with Crippen molar-refractivity contribution >= 4 is 11.8 Å². The van der Waals surface area contributed by atoms with Crippen LogP contribution in [0, 0.1) is 6.92 Å². The Bertz CT molecular complexity index is 613. The molecule has 0 saturated carbocycles. The molecule has 0 aliphatic rings. The number of benzene rings is 1. The summed E-state index contributed by atoms with van der Waals surface area (Å²) in [5.74, 6) is 7.34. The van der Waals surface area contributed by atoms with E-state index in [1.165, 1.54) is 11.1 Å². The molecule has 6 heteroatoms. The maximum absolute atomic E-state index is 5.69. The third kappa shape index (κ3) is 3.16. The molecule has 0 spiro atoms. The Morgan fingerprint density at radius 1 is 1.20 bits per heavy atom. The van der Waals surface area contributed by atoms with Crippen LogP contribution in [-0.4, -0.2) is 9.97 Å². The van der Waals surface area contributed by atoms with E-state index in [2.05, 4.69) is 42.2 Å². The molecule has 0 radical (unpaired) electrons. The van der Waals surface area contributed by atoms with Gasteiger partial charge in [-0.05, 0) is 36.1 Å². The van der Waals surface area contributed by atoms with Gasteiger partial charge in [-0.25, -0.2) is 5.84 Å². The van der Waals surface area contributed by atoms with Gasteiger partial charge < -0.3 is 15.9 Å². The molecule has 0 aliphatic heterocycles. The number of nitrogens with zero attached hydrogens (tertiary/aromatic N) is 2. The monoisotopic (exact) mass is 273 g/mol. The molecule has 1 heterocycles. The van der Waals surface area contributed by atoms with E-state index in [4.69, 9.17) is 16.3 Å². The van der Waals surface area contributed by atoms with Crippen molar-refractivity contribution in [2.24, 2.45) is 5.84 Å². The first-order valence-corrected chi connectivity index (χ1v) is 6.39. The van der Waals surface area contributed by atoms with Gasteiger partial charge in [0, 0.05) is 6.07 Å². The fourth-order valence-electron chi connectivity index (χ4n) is 2.05. The van der Waals surface area contributed by atoms with Crippen LogP contribution in [0.4, 0.5) is 11.8 Å². The van der Waals surface area contributed by atoms with Gasteiger partial charge in [-0.15, -0.1) is 0 Å². The summed E-state index contributed by atoms with van der Waals surface area (Å²) in [5, 5.41) is 0. The Hall–Kier alpha value is -2.34. The van der Waals surface area contributed by atoms with Crippen molar-refractivity contribution in [3.63, 3.8) is 0 Å². The highest BCUT2D eigenvalue weighted by molar-refractivity contribution is 5.44. The summed E-state index contributed by atoms with van der Waals surface area (Å²) in [6.07, 6.45) is 0. The number of aromatic nitrogens is 2. The first kappa shape index (κ1) is 14.1. The second-order valence-corrected chi connectivity index (χ2v) is 4.87. The summed E-state index contributed by atoms with van der Waals surface area (Å²) in [4.78, 5) is 7.91. The molecule has 0 saturated heterocycles. The van der Waals surface area contributed by atoms with E-state index in [0.29, 0.717) is 23.4 Å². The molecule has 2 aromatic rings. The number of ether oxygens (including phenoxy) is 1. The molecule has 0 bridgehead atoms. The molecule has 1 aromatic heterocycles. The van der Waals surface area contributed by atoms with Crippen LogP contribution in [0.25, 0.3) is 0 Å². The highest BCUT2D eigenvalue weighted by atomic mass is 16.5. The third-order valence-electron chi connectivity index (χ3n) is 2.95. The lowest BCUT2D eigenvalue weighted by Gasteiger charge is -2.12. The van der Waals surface area contributed by atoms with E-state index in [1.54, 1.807) is 6.07 Å². The van der Waals surface area contributed by atoms with Gasteiger partial charge in [0.1, 0.15) is 11.6 Å². The number of nitrogens with one attached hydrogen (secondary N) is 1. The second-order valence-electron chi connectivity index (χ2n) is 4.87. The summed E-state index contributed by atoms with van der Waals surface area (Å²) in [6, 6.07) is 7.53. The standard InChI is InChI=1S/C14H19N5O/c1-8(2)11-5-4-10(6-9(11)3)20-13-7-12(19-16)17-14(15)18-13/h4-8H,16H2,1-3H3,(H3,15,17,18,19). The highest BCUT2D eigenvalue weighted by Gasteiger charge is 2.07. The summed E-state index contributed by atoms with van der Waals surface area (Å²) < 4.78 is 5.69. The number of anilines is 2. The van der Waals surface area contributed by atoms with Crippen molar-refractivity contribution in [1.29, 1.82) is 0 Å². The van der Waals surface area contributed by atoms with Gasteiger partial charge in [-0.3, -0.25) is 0 Å². The van der Waals surface area contributed by atoms with E-state index in [-0.39, 0.29) is 5.95 Å². The molecule has 5 N–H and O–H groups in total. The molecule has 1 aromatic carbocycles. The number of nitrogens with two attached hydrogens (primary N) is 2. The van der Waals surface area contributed by atoms with Crippen LogP contribution >= 0.6 is 0 Å². The zero-order chi connectivity index (χ0) is 14.7. The molecule has 2 rings (SSSR count). The topological polar surface area (TPSA) is 99.1 Å². The fraction of sp³-hybridized carbons (Fsp3) is 0.286. The van der Waals surface area contributed by atoms with Gasteiger partial charge >= 0.3 is 0 Å². The van der Waals surface area contributed by atoms with Gasteiger partial charge in [0.15, 0.2) is 0 Å². The minimum Gasteiger partial charge on any atom is -0.439 e. The van der Waals surface area contributed by atoms with Gasteiger partial charge in [-0.2, -0.15) is 9.97 Å². The molecule has 0 unspecified atom stereocenters. The summed E-state index contributed by atoms with van der Waals surface area (Å²) in [5.41, 5.74) is 10.5. The van der Waals surface area contributed by atoms with Crippen LogP contribution < -0.4 is 21.7 Å². The number of hydrazine groups is 1. The summed E-state index contributed by atoms with van der Waals surface area (Å²) >= 11 is 0. The maximum atomic E-state index is 5.69. The molecule has 6 nitrogen and oxygen atoms in total. The minimum atomic E-state index is 0.103. The van der Waals surface area contributed by atoms with Crippen molar-refractivity contribution in [1.82, 2.24) is 9.97 Å². The minimum absolute atomic E-state index is 0.103. The zero-order valence-electron chi connectivity index (χ0n) is 11.8. The Balaban J connectivity index is 2.26. The van der Waals surface area contributed by atoms with Crippen LogP contribution in [0.5, 0.6) is 11.6 Å². The molecule has 20 heavy (non-hydrogen) atoms. The molecule has 0 aliphatic carbocycles. The SMILES string of the molecule is Cc1cc(Oc2cc(NN)nc(N)n2)ccc1C(C)C. The van der Waals surface area contributed by atoms with Crippen LogP contribution in [-0.2, 0) is 0 Å². The Kier molecular flexibility index (Phi) is 4.05. The number of rotatable bonds is 4. The molecular weight excluding hydrogens is 254 g/mol. The number of nitrogen functional groups attached to an aromatic ring is 2. The first-order chi connectivity index (χ1) is 9.49. The molecule has 0 amide bonds. The largest absolute Gasteiger partial charge is 0.439 e. The maximum Gasteiger partial charge on any atom is 0.226 e. The van der Waals surface area contributed by atoms with Crippen molar-refractivity contribution in [3.8, 4) is 11.6 Å². The Morgan fingerprint density at radius 3 is 2.55 bits per heavy atom. The van der Waals surface area contributed by atoms with Crippen molar-refractivity contribution in [3.05, 3.63) is 35.4 Å². The normalized spacial score (nSPS) is 10.7. The van der Waals surface area contributed by atoms with Gasteiger partial charge in [0.25, 0.3) is 0 Å². The Labute approximate surface area is 118 Å². The number of aryl methyl sites for hydroxylation is 1.